The SMILES string of the molecule is CN(C(=O)c1cnc(N)cn1)C(C)(C)CO. The van der Waals surface area contributed by atoms with E-state index in [0.717, 1.165) is 0 Å². The lowest BCUT2D eigenvalue weighted by Crippen LogP contribution is -2.47. The average molecular weight is 224 g/mol. The second kappa shape index (κ2) is 4.44. The largest absolute Gasteiger partial charge is 0.394 e. The number of anilines is 1. The molecule has 0 unspecified atom stereocenters. The maximum absolute atomic E-state index is 11.9. The standard InChI is InChI=1S/C10H16N4O2/c1-10(2,6-15)14(3)9(16)7-4-13-8(11)5-12-7/h4-5,15H,6H2,1-3H3,(H2,11,13). The quantitative estimate of drug-likeness (QED) is 0.748. The predicted molar refractivity (Wildman–Crippen MR) is 59.7 cm³/mol. The van der Waals surface area contributed by atoms with Crippen molar-refractivity contribution in [2.75, 3.05) is 19.4 Å². The van der Waals surface area contributed by atoms with Crippen LogP contribution in [0.3, 0.4) is 0 Å². The number of aliphatic hydroxyl groups is 1. The van der Waals surface area contributed by atoms with E-state index in [-0.39, 0.29) is 24.0 Å². The average Bonchev–Trinajstić information content (AvgIpc) is 2.28. The Bertz CT molecular complexity index is 375. The minimum absolute atomic E-state index is 0.127. The molecule has 1 aromatic heterocycles. The molecule has 88 valence electrons. The van der Waals surface area contributed by atoms with E-state index in [1.165, 1.54) is 17.3 Å². The van der Waals surface area contributed by atoms with Crippen molar-refractivity contribution in [1.82, 2.24) is 14.9 Å². The van der Waals surface area contributed by atoms with Crippen LogP contribution in [-0.4, -0.2) is 45.1 Å². The number of likely N-dealkylation sites (N-methyl/N-ethyl adjacent to an activating group) is 1. The summed E-state index contributed by atoms with van der Waals surface area (Å²) in [4.78, 5) is 21.0. The molecule has 1 rings (SSSR count). The number of nitrogens with zero attached hydrogens (tertiary/aromatic N) is 3. The third-order valence-corrected chi connectivity index (χ3v) is 2.49. The molecule has 0 saturated carbocycles. The Morgan fingerprint density at radius 1 is 1.50 bits per heavy atom. The normalized spacial score (nSPS) is 11.2. The molecule has 1 amide bonds. The number of amides is 1. The van der Waals surface area contributed by atoms with E-state index in [1.54, 1.807) is 20.9 Å². The molecule has 0 atom stereocenters. The number of hydrogen-bond donors (Lipinski definition) is 2. The van der Waals surface area contributed by atoms with Gasteiger partial charge in [-0.25, -0.2) is 9.97 Å². The van der Waals surface area contributed by atoms with E-state index in [0.29, 0.717) is 0 Å². The molecule has 0 aliphatic rings. The zero-order valence-electron chi connectivity index (χ0n) is 9.64. The lowest BCUT2D eigenvalue weighted by Gasteiger charge is -2.33. The summed E-state index contributed by atoms with van der Waals surface area (Å²) in [6.07, 6.45) is 2.65. The number of aliphatic hydroxyl groups excluding tert-OH is 1. The Morgan fingerprint density at radius 3 is 2.56 bits per heavy atom. The maximum atomic E-state index is 11.9. The zero-order valence-corrected chi connectivity index (χ0v) is 9.64. The van der Waals surface area contributed by atoms with Gasteiger partial charge in [-0.05, 0) is 13.8 Å². The number of carbonyl (C=O) groups is 1. The van der Waals surface area contributed by atoms with Crippen LogP contribution >= 0.6 is 0 Å². The molecule has 3 N–H and O–H groups in total. The number of nitrogens with two attached hydrogens (primary N) is 1. The van der Waals surface area contributed by atoms with Gasteiger partial charge in [-0.2, -0.15) is 0 Å². The molecule has 16 heavy (non-hydrogen) atoms. The first-order valence-corrected chi connectivity index (χ1v) is 4.85. The molecule has 0 spiro atoms. The zero-order chi connectivity index (χ0) is 12.3. The van der Waals surface area contributed by atoms with E-state index in [2.05, 4.69) is 9.97 Å². The van der Waals surface area contributed by atoms with Gasteiger partial charge in [0.05, 0.1) is 24.5 Å². The summed E-state index contributed by atoms with van der Waals surface area (Å²) in [6, 6.07) is 0. The van der Waals surface area contributed by atoms with Crippen molar-refractivity contribution in [3.05, 3.63) is 18.1 Å². The number of aromatic nitrogens is 2. The minimum atomic E-state index is -0.639. The molecule has 0 aliphatic carbocycles. The Balaban J connectivity index is 2.90. The Morgan fingerprint density at radius 2 is 2.12 bits per heavy atom. The second-order valence-corrected chi connectivity index (χ2v) is 4.16. The smallest absolute Gasteiger partial charge is 0.274 e. The van der Waals surface area contributed by atoms with Crippen LogP contribution < -0.4 is 5.73 Å². The van der Waals surface area contributed by atoms with Crippen molar-refractivity contribution < 1.29 is 9.90 Å². The summed E-state index contributed by atoms with van der Waals surface area (Å²) in [5.74, 6) is -0.0350. The van der Waals surface area contributed by atoms with Gasteiger partial charge in [0.25, 0.3) is 5.91 Å². The lowest BCUT2D eigenvalue weighted by molar-refractivity contribution is 0.0467. The molecule has 0 aromatic carbocycles. The molecule has 6 nitrogen and oxygen atoms in total. The highest BCUT2D eigenvalue weighted by Gasteiger charge is 2.28. The van der Waals surface area contributed by atoms with Crippen LogP contribution in [0.4, 0.5) is 5.82 Å². The van der Waals surface area contributed by atoms with Crippen LogP contribution in [0.15, 0.2) is 12.4 Å². The second-order valence-electron chi connectivity index (χ2n) is 4.16. The van der Waals surface area contributed by atoms with Crippen LogP contribution in [-0.2, 0) is 0 Å². The van der Waals surface area contributed by atoms with Crippen molar-refractivity contribution in [3.63, 3.8) is 0 Å². The molecular formula is C10H16N4O2. The first-order chi connectivity index (χ1) is 7.38. The molecule has 0 bridgehead atoms. The van der Waals surface area contributed by atoms with Gasteiger partial charge in [0.1, 0.15) is 11.5 Å². The fourth-order valence-corrected chi connectivity index (χ4v) is 1.00. The number of hydrogen-bond acceptors (Lipinski definition) is 5. The van der Waals surface area contributed by atoms with Gasteiger partial charge in [-0.15, -0.1) is 0 Å². The number of nitrogen functional groups attached to an aromatic ring is 1. The van der Waals surface area contributed by atoms with Gasteiger partial charge in [-0.1, -0.05) is 0 Å². The van der Waals surface area contributed by atoms with Gasteiger partial charge < -0.3 is 15.7 Å². The molecule has 0 fully saturated rings. The number of carbonyl (C=O) groups excluding carboxylic acids is 1. The van der Waals surface area contributed by atoms with Gasteiger partial charge in [0.2, 0.25) is 0 Å². The van der Waals surface area contributed by atoms with Crippen LogP contribution in [0.25, 0.3) is 0 Å². The van der Waals surface area contributed by atoms with Crippen LogP contribution in [0.1, 0.15) is 24.3 Å². The minimum Gasteiger partial charge on any atom is -0.394 e. The summed E-state index contributed by atoms with van der Waals surface area (Å²) >= 11 is 0. The third kappa shape index (κ3) is 2.46. The van der Waals surface area contributed by atoms with Crippen molar-refractivity contribution in [2.24, 2.45) is 0 Å². The summed E-state index contributed by atoms with van der Waals surface area (Å²) in [5, 5.41) is 9.15. The fourth-order valence-electron chi connectivity index (χ4n) is 1.00. The monoisotopic (exact) mass is 224 g/mol. The van der Waals surface area contributed by atoms with Crippen LogP contribution in [0.2, 0.25) is 0 Å². The predicted octanol–water partition coefficient (Wildman–Crippen LogP) is -0.0983. The first kappa shape index (κ1) is 12.4. The highest BCUT2D eigenvalue weighted by atomic mass is 16.3. The van der Waals surface area contributed by atoms with E-state index in [4.69, 9.17) is 10.8 Å². The third-order valence-electron chi connectivity index (χ3n) is 2.49. The Kier molecular flexibility index (Phi) is 3.44. The van der Waals surface area contributed by atoms with E-state index in [9.17, 15) is 4.79 Å². The molecule has 1 heterocycles. The van der Waals surface area contributed by atoms with Gasteiger partial charge in [-0.3, -0.25) is 4.79 Å². The topological polar surface area (TPSA) is 92.3 Å². The summed E-state index contributed by atoms with van der Waals surface area (Å²) < 4.78 is 0. The highest BCUT2D eigenvalue weighted by Crippen LogP contribution is 2.13. The molecule has 6 heteroatoms. The van der Waals surface area contributed by atoms with Crippen molar-refractivity contribution >= 4 is 11.7 Å². The lowest BCUT2D eigenvalue weighted by atomic mass is 10.0. The van der Waals surface area contributed by atoms with Gasteiger partial charge in [0, 0.05) is 7.05 Å². The molecule has 1 aromatic rings. The molecular weight excluding hydrogens is 208 g/mol. The van der Waals surface area contributed by atoms with E-state index in [1.807, 2.05) is 0 Å². The van der Waals surface area contributed by atoms with Gasteiger partial charge in [0.15, 0.2) is 0 Å². The van der Waals surface area contributed by atoms with Crippen LogP contribution in [0.5, 0.6) is 0 Å². The Labute approximate surface area is 94.1 Å². The Hall–Kier alpha value is -1.69. The van der Waals surface area contributed by atoms with Crippen molar-refractivity contribution in [1.29, 1.82) is 0 Å². The van der Waals surface area contributed by atoms with Gasteiger partial charge >= 0.3 is 0 Å². The first-order valence-electron chi connectivity index (χ1n) is 4.85. The summed E-state index contributed by atoms with van der Waals surface area (Å²) in [5.41, 5.74) is 4.94. The van der Waals surface area contributed by atoms with Crippen molar-refractivity contribution in [2.45, 2.75) is 19.4 Å². The highest BCUT2D eigenvalue weighted by molar-refractivity contribution is 5.92. The molecule has 0 radical (unpaired) electrons. The molecule has 0 saturated heterocycles. The number of rotatable bonds is 3. The van der Waals surface area contributed by atoms with Crippen LogP contribution in [0, 0.1) is 0 Å². The van der Waals surface area contributed by atoms with Crippen molar-refractivity contribution in [3.8, 4) is 0 Å². The summed E-state index contributed by atoms with van der Waals surface area (Å²) in [7, 11) is 1.61. The maximum Gasteiger partial charge on any atom is 0.274 e. The molecule has 0 aliphatic heterocycles. The summed E-state index contributed by atoms with van der Waals surface area (Å²) in [6.45, 7) is 3.39. The fraction of sp³-hybridized carbons (Fsp3) is 0.500. The van der Waals surface area contributed by atoms with E-state index < -0.39 is 5.54 Å². The van der Waals surface area contributed by atoms with E-state index >= 15 is 0 Å².